The number of aliphatic hydroxyl groups is 1. The molecule has 2 saturated heterocycles. The average molecular weight is 368 g/mol. The molecule has 2 fully saturated rings. The number of aromatic nitrogens is 2. The maximum atomic E-state index is 9.57. The van der Waals surface area contributed by atoms with Crippen molar-refractivity contribution >= 4 is 11.6 Å². The first-order chi connectivity index (χ1) is 13.3. The molecule has 0 bridgehead atoms. The molecule has 0 saturated carbocycles. The van der Waals surface area contributed by atoms with Gasteiger partial charge in [0.15, 0.2) is 0 Å². The second kappa shape index (κ2) is 8.57. The topological polar surface area (TPSA) is 61.7 Å². The van der Waals surface area contributed by atoms with Gasteiger partial charge in [0.1, 0.15) is 23.7 Å². The minimum Gasteiger partial charge on any atom is -0.493 e. The van der Waals surface area contributed by atoms with Gasteiger partial charge in [0.05, 0.1) is 19.3 Å². The lowest BCUT2D eigenvalue weighted by molar-refractivity contribution is 0.222. The van der Waals surface area contributed by atoms with Gasteiger partial charge in [-0.15, -0.1) is 0 Å². The number of nitrogens with zero attached hydrogens (tertiary/aromatic N) is 4. The number of para-hydroxylation sites is 1. The van der Waals surface area contributed by atoms with E-state index in [4.69, 9.17) is 4.74 Å². The van der Waals surface area contributed by atoms with Crippen LogP contribution in [-0.2, 0) is 0 Å². The summed E-state index contributed by atoms with van der Waals surface area (Å²) in [5.41, 5.74) is 0. The van der Waals surface area contributed by atoms with Crippen LogP contribution in [0.1, 0.15) is 25.7 Å². The molecule has 6 heteroatoms. The van der Waals surface area contributed by atoms with Crippen LogP contribution in [0.5, 0.6) is 5.75 Å². The van der Waals surface area contributed by atoms with Crippen LogP contribution in [0, 0.1) is 5.92 Å². The molecule has 2 aliphatic heterocycles. The second-order valence-electron chi connectivity index (χ2n) is 7.46. The molecule has 27 heavy (non-hydrogen) atoms. The highest BCUT2D eigenvalue weighted by atomic mass is 16.5. The maximum absolute atomic E-state index is 9.57. The highest BCUT2D eigenvalue weighted by molar-refractivity contribution is 5.51. The number of hydrogen-bond acceptors (Lipinski definition) is 6. The van der Waals surface area contributed by atoms with E-state index in [0.717, 1.165) is 69.3 Å². The normalized spacial score (nSPS) is 20.9. The number of anilines is 2. The summed E-state index contributed by atoms with van der Waals surface area (Å²) in [5.74, 6) is 3.46. The fraction of sp³-hybridized carbons (Fsp3) is 0.524. The van der Waals surface area contributed by atoms with Crippen molar-refractivity contribution in [2.75, 3.05) is 42.6 Å². The smallest absolute Gasteiger partial charge is 0.134 e. The fourth-order valence-corrected chi connectivity index (χ4v) is 4.05. The summed E-state index contributed by atoms with van der Waals surface area (Å²) in [6.07, 6.45) is 6.01. The highest BCUT2D eigenvalue weighted by Crippen LogP contribution is 2.28. The molecule has 3 heterocycles. The van der Waals surface area contributed by atoms with E-state index in [-0.39, 0.29) is 12.6 Å². The Morgan fingerprint density at radius 1 is 1.00 bits per heavy atom. The van der Waals surface area contributed by atoms with Crippen LogP contribution in [-0.4, -0.2) is 54.0 Å². The zero-order valence-corrected chi connectivity index (χ0v) is 15.7. The summed E-state index contributed by atoms with van der Waals surface area (Å²) in [6.45, 7) is 3.90. The lowest BCUT2D eigenvalue weighted by Crippen LogP contribution is -2.37. The molecule has 0 spiro atoms. The largest absolute Gasteiger partial charge is 0.493 e. The van der Waals surface area contributed by atoms with E-state index in [1.54, 1.807) is 6.33 Å². The van der Waals surface area contributed by atoms with E-state index < -0.39 is 0 Å². The Bertz CT molecular complexity index is 719. The first-order valence-corrected chi connectivity index (χ1v) is 9.96. The van der Waals surface area contributed by atoms with Crippen molar-refractivity contribution in [3.05, 3.63) is 42.7 Å². The highest BCUT2D eigenvalue weighted by Gasteiger charge is 2.26. The molecule has 0 radical (unpaired) electrons. The van der Waals surface area contributed by atoms with Gasteiger partial charge in [-0.3, -0.25) is 0 Å². The van der Waals surface area contributed by atoms with E-state index in [1.165, 1.54) is 0 Å². The molecular weight excluding hydrogens is 340 g/mol. The van der Waals surface area contributed by atoms with E-state index in [1.807, 2.05) is 30.3 Å². The predicted octanol–water partition coefficient (Wildman–Crippen LogP) is 2.73. The Morgan fingerprint density at radius 2 is 1.78 bits per heavy atom. The molecule has 1 aromatic heterocycles. The number of rotatable bonds is 6. The summed E-state index contributed by atoms with van der Waals surface area (Å²) >= 11 is 0. The van der Waals surface area contributed by atoms with Crippen molar-refractivity contribution in [1.82, 2.24) is 9.97 Å². The van der Waals surface area contributed by atoms with Crippen molar-refractivity contribution < 1.29 is 9.84 Å². The Kier molecular flexibility index (Phi) is 5.72. The molecule has 144 valence electrons. The summed E-state index contributed by atoms with van der Waals surface area (Å²) in [4.78, 5) is 13.5. The minimum atomic E-state index is 0.187. The summed E-state index contributed by atoms with van der Waals surface area (Å²) in [7, 11) is 0. The number of ether oxygens (including phenoxy) is 1. The number of benzene rings is 1. The standard InChI is InChI=1S/C21H28N4O2/c26-14-18-5-4-10-25(18)21-13-20(22-16-23-21)24-11-8-17(9-12-24)15-27-19-6-2-1-3-7-19/h1-3,6-7,13,16-18,26H,4-5,8-12,14-15H2. The molecular formula is C21H28N4O2. The molecule has 6 nitrogen and oxygen atoms in total. The molecule has 2 aliphatic rings. The SMILES string of the molecule is OCC1CCCN1c1cc(N2CCC(COc3ccccc3)CC2)ncn1. The van der Waals surface area contributed by atoms with Gasteiger partial charge in [0.2, 0.25) is 0 Å². The number of hydrogen-bond donors (Lipinski definition) is 1. The lowest BCUT2D eigenvalue weighted by atomic mass is 9.98. The number of aliphatic hydroxyl groups excluding tert-OH is 1. The van der Waals surface area contributed by atoms with Crippen molar-refractivity contribution in [3.63, 3.8) is 0 Å². The second-order valence-corrected chi connectivity index (χ2v) is 7.46. The lowest BCUT2D eigenvalue weighted by Gasteiger charge is -2.33. The quantitative estimate of drug-likeness (QED) is 0.846. The van der Waals surface area contributed by atoms with Crippen LogP contribution >= 0.6 is 0 Å². The third kappa shape index (κ3) is 4.33. The van der Waals surface area contributed by atoms with Gasteiger partial charge in [-0.2, -0.15) is 0 Å². The third-order valence-corrected chi connectivity index (χ3v) is 5.69. The first-order valence-electron chi connectivity index (χ1n) is 9.96. The Balaban J connectivity index is 1.32. The van der Waals surface area contributed by atoms with Gasteiger partial charge >= 0.3 is 0 Å². The average Bonchev–Trinajstić information content (AvgIpc) is 3.22. The van der Waals surface area contributed by atoms with Gasteiger partial charge in [-0.1, -0.05) is 18.2 Å². The van der Waals surface area contributed by atoms with Crippen LogP contribution in [0.3, 0.4) is 0 Å². The van der Waals surface area contributed by atoms with Gasteiger partial charge in [-0.25, -0.2) is 9.97 Å². The van der Waals surface area contributed by atoms with Crippen molar-refractivity contribution in [2.24, 2.45) is 5.92 Å². The summed E-state index contributed by atoms with van der Waals surface area (Å²) in [6, 6.07) is 12.3. The fourth-order valence-electron chi connectivity index (χ4n) is 4.05. The van der Waals surface area contributed by atoms with E-state index >= 15 is 0 Å². The molecule has 1 unspecified atom stereocenters. The zero-order chi connectivity index (χ0) is 18.5. The van der Waals surface area contributed by atoms with E-state index in [9.17, 15) is 5.11 Å². The van der Waals surface area contributed by atoms with Crippen LogP contribution in [0.2, 0.25) is 0 Å². The van der Waals surface area contributed by atoms with Gasteiger partial charge in [-0.05, 0) is 43.7 Å². The molecule has 0 aliphatic carbocycles. The monoisotopic (exact) mass is 368 g/mol. The van der Waals surface area contributed by atoms with Crippen LogP contribution in [0.25, 0.3) is 0 Å². The van der Waals surface area contributed by atoms with E-state index in [0.29, 0.717) is 5.92 Å². The van der Waals surface area contributed by atoms with Gasteiger partial charge < -0.3 is 19.6 Å². The minimum absolute atomic E-state index is 0.187. The van der Waals surface area contributed by atoms with Crippen LogP contribution in [0.15, 0.2) is 42.7 Å². The van der Waals surface area contributed by atoms with Crippen LogP contribution in [0.4, 0.5) is 11.6 Å². The predicted molar refractivity (Wildman–Crippen MR) is 106 cm³/mol. The summed E-state index contributed by atoms with van der Waals surface area (Å²) < 4.78 is 5.92. The molecule has 1 N–H and O–H groups in total. The van der Waals surface area contributed by atoms with Crippen molar-refractivity contribution in [2.45, 2.75) is 31.7 Å². The number of piperidine rings is 1. The van der Waals surface area contributed by atoms with E-state index in [2.05, 4.69) is 25.8 Å². The third-order valence-electron chi connectivity index (χ3n) is 5.69. The Hall–Kier alpha value is -2.34. The Labute approximate surface area is 160 Å². The van der Waals surface area contributed by atoms with Gasteiger partial charge in [0.25, 0.3) is 0 Å². The molecule has 4 rings (SSSR count). The molecule has 0 amide bonds. The summed E-state index contributed by atoms with van der Waals surface area (Å²) in [5, 5.41) is 9.57. The van der Waals surface area contributed by atoms with Gasteiger partial charge in [0, 0.05) is 25.7 Å². The van der Waals surface area contributed by atoms with Crippen molar-refractivity contribution in [3.8, 4) is 5.75 Å². The first kappa shape index (κ1) is 18.0. The zero-order valence-electron chi connectivity index (χ0n) is 15.7. The molecule has 1 atom stereocenters. The molecule has 1 aromatic carbocycles. The maximum Gasteiger partial charge on any atom is 0.134 e. The Morgan fingerprint density at radius 3 is 2.56 bits per heavy atom. The van der Waals surface area contributed by atoms with Crippen LogP contribution < -0.4 is 14.5 Å². The molecule has 2 aromatic rings. The van der Waals surface area contributed by atoms with Crippen molar-refractivity contribution in [1.29, 1.82) is 0 Å².